The highest BCUT2D eigenvalue weighted by molar-refractivity contribution is 9.10. The average Bonchev–Trinajstić information content (AvgIpc) is 2.33. The lowest BCUT2D eigenvalue weighted by molar-refractivity contribution is 0.114. The molecule has 17 heavy (non-hydrogen) atoms. The maximum Gasteiger partial charge on any atom is 0.0667 e. The largest absolute Gasteiger partial charge is 0.380 e. The van der Waals surface area contributed by atoms with E-state index in [1.165, 1.54) is 11.1 Å². The van der Waals surface area contributed by atoms with Crippen LogP contribution < -0.4 is 11.1 Å². The van der Waals surface area contributed by atoms with Gasteiger partial charge >= 0.3 is 0 Å². The molecule has 0 saturated carbocycles. The molecule has 2 atom stereocenters. The summed E-state index contributed by atoms with van der Waals surface area (Å²) >= 11 is 3.50. The highest BCUT2D eigenvalue weighted by atomic mass is 79.9. The van der Waals surface area contributed by atoms with E-state index in [1.807, 2.05) is 6.92 Å². The molecule has 1 aromatic rings. The molecular weight excluding hydrogens is 280 g/mol. The molecule has 0 amide bonds. The number of hydrogen-bond donors (Lipinski definition) is 2. The van der Waals surface area contributed by atoms with Gasteiger partial charge in [0.2, 0.25) is 0 Å². The minimum Gasteiger partial charge on any atom is -0.380 e. The van der Waals surface area contributed by atoms with Crippen molar-refractivity contribution in [3.8, 4) is 0 Å². The molecule has 1 aromatic carbocycles. The Morgan fingerprint density at radius 1 is 1.47 bits per heavy atom. The highest BCUT2D eigenvalue weighted by Gasteiger charge is 2.11. The summed E-state index contributed by atoms with van der Waals surface area (Å²) in [7, 11) is 1.72. The maximum absolute atomic E-state index is 5.81. The predicted molar refractivity (Wildman–Crippen MR) is 75.1 cm³/mol. The highest BCUT2D eigenvalue weighted by Crippen LogP contribution is 2.20. The lowest BCUT2D eigenvalue weighted by atomic mass is 10.0. The monoisotopic (exact) mass is 300 g/mol. The quantitative estimate of drug-likeness (QED) is 0.848. The van der Waals surface area contributed by atoms with Crippen molar-refractivity contribution in [2.75, 3.05) is 20.2 Å². The molecule has 0 saturated heterocycles. The number of ether oxygens (including phenoxy) is 1. The first-order valence-corrected chi connectivity index (χ1v) is 6.60. The van der Waals surface area contributed by atoms with E-state index in [0.717, 1.165) is 11.0 Å². The molecule has 0 aliphatic rings. The van der Waals surface area contributed by atoms with Gasteiger partial charge in [0.1, 0.15) is 0 Å². The van der Waals surface area contributed by atoms with Crippen LogP contribution in [0.5, 0.6) is 0 Å². The molecule has 3 N–H and O–H groups in total. The van der Waals surface area contributed by atoms with Crippen LogP contribution >= 0.6 is 15.9 Å². The molecule has 0 spiro atoms. The second-order valence-electron chi connectivity index (χ2n) is 4.25. The number of aryl methyl sites for hydroxylation is 1. The molecule has 0 bridgehead atoms. The summed E-state index contributed by atoms with van der Waals surface area (Å²) in [6.45, 7) is 5.50. The minimum atomic E-state index is 0.180. The van der Waals surface area contributed by atoms with E-state index in [9.17, 15) is 0 Å². The molecular formula is C13H21BrN2O. The van der Waals surface area contributed by atoms with E-state index >= 15 is 0 Å². The van der Waals surface area contributed by atoms with Crippen LogP contribution in [0.1, 0.15) is 24.1 Å². The molecule has 96 valence electrons. The Kier molecular flexibility index (Phi) is 6.12. The SMILES string of the molecule is COC(C)CNC(CN)c1ccc(Br)c(C)c1. The van der Waals surface area contributed by atoms with Gasteiger partial charge in [0.05, 0.1) is 6.10 Å². The molecule has 0 aromatic heterocycles. The van der Waals surface area contributed by atoms with Crippen LogP contribution in [0, 0.1) is 6.92 Å². The third-order valence-electron chi connectivity index (χ3n) is 2.87. The normalized spacial score (nSPS) is 14.6. The van der Waals surface area contributed by atoms with Crippen LogP contribution in [0.25, 0.3) is 0 Å². The smallest absolute Gasteiger partial charge is 0.0667 e. The molecule has 1 rings (SSSR count). The number of halogens is 1. The summed E-state index contributed by atoms with van der Waals surface area (Å²) in [5.41, 5.74) is 8.25. The van der Waals surface area contributed by atoms with Crippen LogP contribution in [0.3, 0.4) is 0 Å². The van der Waals surface area contributed by atoms with Crippen LogP contribution in [-0.2, 0) is 4.74 Å². The summed E-state index contributed by atoms with van der Waals surface area (Å²) in [6, 6.07) is 6.50. The third kappa shape index (κ3) is 4.39. The van der Waals surface area contributed by atoms with Crippen molar-refractivity contribution in [1.29, 1.82) is 0 Å². The topological polar surface area (TPSA) is 47.3 Å². The molecule has 0 heterocycles. The summed E-state index contributed by atoms with van der Waals surface area (Å²) in [5.74, 6) is 0. The van der Waals surface area contributed by atoms with Crippen LogP contribution in [0.15, 0.2) is 22.7 Å². The van der Waals surface area contributed by atoms with Gasteiger partial charge in [-0.25, -0.2) is 0 Å². The fourth-order valence-corrected chi connectivity index (χ4v) is 1.86. The van der Waals surface area contributed by atoms with Crippen LogP contribution in [0.4, 0.5) is 0 Å². The van der Waals surface area contributed by atoms with Crippen molar-refractivity contribution in [1.82, 2.24) is 5.32 Å². The Labute approximate surface area is 112 Å². The summed E-state index contributed by atoms with van der Waals surface area (Å²) in [5, 5.41) is 3.42. The zero-order chi connectivity index (χ0) is 12.8. The van der Waals surface area contributed by atoms with Crippen molar-refractivity contribution in [2.24, 2.45) is 5.73 Å². The van der Waals surface area contributed by atoms with Gasteiger partial charge in [-0.2, -0.15) is 0 Å². The van der Waals surface area contributed by atoms with Crippen molar-refractivity contribution >= 4 is 15.9 Å². The fourth-order valence-electron chi connectivity index (χ4n) is 1.61. The van der Waals surface area contributed by atoms with Crippen molar-refractivity contribution in [2.45, 2.75) is 26.0 Å². The van der Waals surface area contributed by atoms with E-state index in [2.05, 4.69) is 46.4 Å². The van der Waals surface area contributed by atoms with Gasteiger partial charge in [0.15, 0.2) is 0 Å². The fraction of sp³-hybridized carbons (Fsp3) is 0.538. The van der Waals surface area contributed by atoms with Gasteiger partial charge in [0, 0.05) is 30.7 Å². The van der Waals surface area contributed by atoms with Crippen LogP contribution in [0.2, 0.25) is 0 Å². The molecule has 2 unspecified atom stereocenters. The van der Waals surface area contributed by atoms with E-state index in [-0.39, 0.29) is 12.1 Å². The first kappa shape index (κ1) is 14.6. The second kappa shape index (κ2) is 7.11. The van der Waals surface area contributed by atoms with Crippen molar-refractivity contribution < 1.29 is 4.74 Å². The molecule has 3 nitrogen and oxygen atoms in total. The zero-order valence-corrected chi connectivity index (χ0v) is 12.3. The standard InChI is InChI=1S/C13H21BrN2O/c1-9-6-11(4-5-12(9)14)13(7-15)16-8-10(2)17-3/h4-6,10,13,16H,7-8,15H2,1-3H3. The average molecular weight is 301 g/mol. The molecule has 0 aliphatic heterocycles. The van der Waals surface area contributed by atoms with E-state index in [0.29, 0.717) is 6.54 Å². The lowest BCUT2D eigenvalue weighted by Crippen LogP contribution is -2.34. The molecule has 0 fully saturated rings. The van der Waals surface area contributed by atoms with E-state index in [4.69, 9.17) is 10.5 Å². The molecule has 0 radical (unpaired) electrons. The number of nitrogens with one attached hydrogen (secondary N) is 1. The number of methoxy groups -OCH3 is 1. The van der Waals surface area contributed by atoms with Crippen molar-refractivity contribution in [3.05, 3.63) is 33.8 Å². The van der Waals surface area contributed by atoms with Crippen molar-refractivity contribution in [3.63, 3.8) is 0 Å². The van der Waals surface area contributed by atoms with Gasteiger partial charge in [-0.15, -0.1) is 0 Å². The minimum absolute atomic E-state index is 0.180. The number of benzene rings is 1. The summed E-state index contributed by atoms with van der Waals surface area (Å²) in [4.78, 5) is 0. The number of hydrogen-bond acceptors (Lipinski definition) is 3. The van der Waals surface area contributed by atoms with Gasteiger partial charge in [-0.05, 0) is 31.0 Å². The Hall–Kier alpha value is -0.420. The Morgan fingerprint density at radius 2 is 2.18 bits per heavy atom. The Morgan fingerprint density at radius 3 is 2.71 bits per heavy atom. The van der Waals surface area contributed by atoms with Gasteiger partial charge in [-0.1, -0.05) is 28.1 Å². The maximum atomic E-state index is 5.81. The summed E-state index contributed by atoms with van der Waals surface area (Å²) in [6.07, 6.45) is 0.195. The zero-order valence-electron chi connectivity index (χ0n) is 10.7. The number of rotatable bonds is 6. The summed E-state index contributed by atoms with van der Waals surface area (Å²) < 4.78 is 6.34. The molecule has 0 aliphatic carbocycles. The third-order valence-corrected chi connectivity index (χ3v) is 3.76. The van der Waals surface area contributed by atoms with E-state index in [1.54, 1.807) is 7.11 Å². The predicted octanol–water partition coefficient (Wildman–Crippen LogP) is 2.38. The molecule has 4 heteroatoms. The van der Waals surface area contributed by atoms with Gasteiger partial charge in [0.25, 0.3) is 0 Å². The lowest BCUT2D eigenvalue weighted by Gasteiger charge is -2.20. The van der Waals surface area contributed by atoms with Gasteiger partial charge in [-0.3, -0.25) is 0 Å². The van der Waals surface area contributed by atoms with Gasteiger partial charge < -0.3 is 15.8 Å². The second-order valence-corrected chi connectivity index (χ2v) is 5.11. The first-order chi connectivity index (χ1) is 8.08. The van der Waals surface area contributed by atoms with E-state index < -0.39 is 0 Å². The Bertz CT molecular complexity index is 357. The van der Waals surface area contributed by atoms with Crippen LogP contribution in [-0.4, -0.2) is 26.3 Å². The number of nitrogens with two attached hydrogens (primary N) is 1. The first-order valence-electron chi connectivity index (χ1n) is 5.80. The Balaban J connectivity index is 2.69.